The van der Waals surface area contributed by atoms with Gasteiger partial charge in [-0.25, -0.2) is 0 Å². The van der Waals surface area contributed by atoms with Crippen molar-refractivity contribution in [3.05, 3.63) is 17.0 Å². The van der Waals surface area contributed by atoms with Gasteiger partial charge < -0.3 is 14.5 Å². The fourth-order valence-electron chi connectivity index (χ4n) is 2.71. The standard InChI is InChI=1S/C13H20N2O3/c1-9-12(10(2)18-14-9)13(17)15(7-8-16)11-5-3-4-6-11/h11,16H,3-8H2,1-2H3. The highest BCUT2D eigenvalue weighted by Crippen LogP contribution is 2.26. The average Bonchev–Trinajstić information content (AvgIpc) is 2.96. The van der Waals surface area contributed by atoms with Gasteiger partial charge in [0.1, 0.15) is 11.3 Å². The molecule has 0 atom stereocenters. The van der Waals surface area contributed by atoms with Gasteiger partial charge in [-0.1, -0.05) is 18.0 Å². The van der Waals surface area contributed by atoms with Crippen LogP contribution in [0.2, 0.25) is 0 Å². The molecule has 100 valence electrons. The molecule has 1 heterocycles. The molecule has 0 saturated heterocycles. The van der Waals surface area contributed by atoms with Crippen LogP contribution in [0.25, 0.3) is 0 Å². The van der Waals surface area contributed by atoms with Crippen molar-refractivity contribution in [3.63, 3.8) is 0 Å². The van der Waals surface area contributed by atoms with E-state index in [9.17, 15) is 4.79 Å². The minimum Gasteiger partial charge on any atom is -0.395 e. The van der Waals surface area contributed by atoms with E-state index < -0.39 is 0 Å². The van der Waals surface area contributed by atoms with E-state index >= 15 is 0 Å². The van der Waals surface area contributed by atoms with Crippen molar-refractivity contribution in [2.75, 3.05) is 13.2 Å². The third-order valence-electron chi connectivity index (χ3n) is 3.61. The van der Waals surface area contributed by atoms with Crippen LogP contribution >= 0.6 is 0 Å². The molecule has 0 aliphatic heterocycles. The summed E-state index contributed by atoms with van der Waals surface area (Å²) in [4.78, 5) is 14.3. The van der Waals surface area contributed by atoms with Gasteiger partial charge in [-0.3, -0.25) is 4.79 Å². The Balaban J connectivity index is 2.22. The largest absolute Gasteiger partial charge is 0.395 e. The van der Waals surface area contributed by atoms with E-state index in [1.807, 2.05) is 0 Å². The number of carbonyl (C=O) groups is 1. The van der Waals surface area contributed by atoms with Crippen LogP contribution in [0, 0.1) is 13.8 Å². The van der Waals surface area contributed by atoms with Crippen LogP contribution in [0.15, 0.2) is 4.52 Å². The molecule has 0 bridgehead atoms. The maximum Gasteiger partial charge on any atom is 0.259 e. The molecular weight excluding hydrogens is 232 g/mol. The monoisotopic (exact) mass is 252 g/mol. The van der Waals surface area contributed by atoms with Gasteiger partial charge >= 0.3 is 0 Å². The maximum atomic E-state index is 12.5. The topological polar surface area (TPSA) is 66.6 Å². The van der Waals surface area contributed by atoms with E-state index in [1.54, 1.807) is 18.7 Å². The molecule has 2 rings (SSSR count). The van der Waals surface area contributed by atoms with Crippen molar-refractivity contribution in [2.45, 2.75) is 45.6 Å². The number of aliphatic hydroxyl groups excluding tert-OH is 1. The minimum atomic E-state index is -0.0628. The van der Waals surface area contributed by atoms with Crippen LogP contribution in [0.5, 0.6) is 0 Å². The minimum absolute atomic E-state index is 0.00832. The van der Waals surface area contributed by atoms with Crippen molar-refractivity contribution in [2.24, 2.45) is 0 Å². The summed E-state index contributed by atoms with van der Waals surface area (Å²) >= 11 is 0. The summed E-state index contributed by atoms with van der Waals surface area (Å²) in [5, 5.41) is 13.0. The van der Waals surface area contributed by atoms with Crippen LogP contribution < -0.4 is 0 Å². The quantitative estimate of drug-likeness (QED) is 0.885. The first-order valence-corrected chi connectivity index (χ1v) is 6.50. The SMILES string of the molecule is Cc1noc(C)c1C(=O)N(CCO)C1CCCC1. The van der Waals surface area contributed by atoms with Crippen molar-refractivity contribution in [1.82, 2.24) is 10.1 Å². The molecule has 0 aromatic carbocycles. The number of amides is 1. The highest BCUT2D eigenvalue weighted by Gasteiger charge is 2.30. The molecule has 1 saturated carbocycles. The number of hydrogen-bond donors (Lipinski definition) is 1. The Hall–Kier alpha value is -1.36. The zero-order valence-corrected chi connectivity index (χ0v) is 11.0. The van der Waals surface area contributed by atoms with Crippen LogP contribution in [0.1, 0.15) is 47.5 Å². The van der Waals surface area contributed by atoms with Crippen molar-refractivity contribution >= 4 is 5.91 Å². The van der Waals surface area contributed by atoms with Gasteiger partial charge in [-0.15, -0.1) is 0 Å². The number of carbonyl (C=O) groups excluding carboxylic acids is 1. The first-order chi connectivity index (χ1) is 8.65. The third kappa shape index (κ3) is 2.41. The molecule has 1 N–H and O–H groups in total. The molecule has 0 spiro atoms. The molecule has 5 nitrogen and oxygen atoms in total. The first-order valence-electron chi connectivity index (χ1n) is 6.50. The average molecular weight is 252 g/mol. The Bertz CT molecular complexity index is 402. The van der Waals surface area contributed by atoms with Gasteiger partial charge in [-0.2, -0.15) is 0 Å². The fraction of sp³-hybridized carbons (Fsp3) is 0.692. The number of aliphatic hydroxyl groups is 1. The van der Waals surface area contributed by atoms with E-state index in [4.69, 9.17) is 9.63 Å². The molecule has 5 heteroatoms. The number of aromatic nitrogens is 1. The zero-order chi connectivity index (χ0) is 13.1. The number of rotatable bonds is 4. The molecule has 18 heavy (non-hydrogen) atoms. The lowest BCUT2D eigenvalue weighted by Gasteiger charge is -2.28. The van der Waals surface area contributed by atoms with E-state index in [0.717, 1.165) is 25.7 Å². The normalized spacial score (nSPS) is 16.2. The molecular formula is C13H20N2O3. The molecule has 1 aromatic rings. The second kappa shape index (κ2) is 5.52. The Morgan fingerprint density at radius 2 is 2.11 bits per heavy atom. The van der Waals surface area contributed by atoms with Crippen LogP contribution in [0.4, 0.5) is 0 Å². The summed E-state index contributed by atoms with van der Waals surface area (Å²) in [6.45, 7) is 3.90. The van der Waals surface area contributed by atoms with Crippen molar-refractivity contribution in [1.29, 1.82) is 0 Å². The summed E-state index contributed by atoms with van der Waals surface area (Å²) in [7, 11) is 0. The summed E-state index contributed by atoms with van der Waals surface area (Å²) in [5.74, 6) is 0.491. The highest BCUT2D eigenvalue weighted by atomic mass is 16.5. The van der Waals surface area contributed by atoms with Crippen LogP contribution in [-0.4, -0.2) is 40.3 Å². The van der Waals surface area contributed by atoms with Crippen molar-refractivity contribution < 1.29 is 14.4 Å². The van der Waals surface area contributed by atoms with Crippen LogP contribution in [-0.2, 0) is 0 Å². The lowest BCUT2D eigenvalue weighted by atomic mass is 10.1. The molecule has 0 unspecified atom stereocenters. The molecule has 1 aromatic heterocycles. The summed E-state index contributed by atoms with van der Waals surface area (Å²) in [5.41, 5.74) is 1.17. The van der Waals surface area contributed by atoms with Gasteiger partial charge in [0.05, 0.1) is 12.3 Å². The Kier molecular flexibility index (Phi) is 4.01. The van der Waals surface area contributed by atoms with E-state index in [-0.39, 0.29) is 18.6 Å². The fourth-order valence-corrected chi connectivity index (χ4v) is 2.71. The summed E-state index contributed by atoms with van der Waals surface area (Å²) < 4.78 is 5.05. The molecule has 1 aliphatic carbocycles. The lowest BCUT2D eigenvalue weighted by molar-refractivity contribution is 0.0635. The third-order valence-corrected chi connectivity index (χ3v) is 3.61. The van der Waals surface area contributed by atoms with E-state index in [2.05, 4.69) is 5.16 Å². The van der Waals surface area contributed by atoms with Crippen molar-refractivity contribution in [3.8, 4) is 0 Å². The van der Waals surface area contributed by atoms with E-state index in [1.165, 1.54) is 0 Å². The molecule has 1 amide bonds. The Morgan fingerprint density at radius 1 is 1.44 bits per heavy atom. The number of aryl methyl sites for hydroxylation is 2. The van der Waals surface area contributed by atoms with Crippen LogP contribution in [0.3, 0.4) is 0 Å². The second-order valence-corrected chi connectivity index (χ2v) is 4.86. The predicted molar refractivity (Wildman–Crippen MR) is 66.4 cm³/mol. The van der Waals surface area contributed by atoms with Gasteiger partial charge in [0.25, 0.3) is 5.91 Å². The molecule has 1 aliphatic rings. The van der Waals surface area contributed by atoms with Gasteiger partial charge in [0.2, 0.25) is 0 Å². The summed E-state index contributed by atoms with van der Waals surface area (Å²) in [6.07, 6.45) is 4.35. The van der Waals surface area contributed by atoms with Gasteiger partial charge in [0.15, 0.2) is 0 Å². The van der Waals surface area contributed by atoms with Gasteiger partial charge in [0, 0.05) is 12.6 Å². The maximum absolute atomic E-state index is 12.5. The smallest absolute Gasteiger partial charge is 0.259 e. The second-order valence-electron chi connectivity index (χ2n) is 4.86. The Labute approximate surface area is 107 Å². The zero-order valence-electron chi connectivity index (χ0n) is 11.0. The number of nitrogens with zero attached hydrogens (tertiary/aromatic N) is 2. The molecule has 0 radical (unpaired) electrons. The predicted octanol–water partition coefficient (Wildman–Crippen LogP) is 1.67. The Morgan fingerprint density at radius 3 is 2.61 bits per heavy atom. The lowest BCUT2D eigenvalue weighted by Crippen LogP contribution is -2.41. The van der Waals surface area contributed by atoms with Gasteiger partial charge in [-0.05, 0) is 26.7 Å². The number of hydrogen-bond acceptors (Lipinski definition) is 4. The first kappa shape index (κ1) is 13.1. The summed E-state index contributed by atoms with van der Waals surface area (Å²) in [6, 6.07) is 0.248. The van der Waals surface area contributed by atoms with E-state index in [0.29, 0.717) is 23.6 Å². The molecule has 1 fully saturated rings. The highest BCUT2D eigenvalue weighted by molar-refractivity contribution is 5.96.